The van der Waals surface area contributed by atoms with Gasteiger partial charge in [-0.25, -0.2) is 9.97 Å². The molecule has 0 unspecified atom stereocenters. The molecule has 4 heterocycles. The van der Waals surface area contributed by atoms with Gasteiger partial charge in [-0.1, -0.05) is 31.5 Å². The Morgan fingerprint density at radius 3 is 2.71 bits per heavy atom. The third-order valence-corrected chi connectivity index (χ3v) is 4.59. The van der Waals surface area contributed by atoms with Gasteiger partial charge in [0.15, 0.2) is 11.3 Å². The van der Waals surface area contributed by atoms with E-state index >= 15 is 0 Å². The molecule has 1 N–H and O–H groups in total. The molecular formula is C18H16ClF3N6. The zero-order valence-corrected chi connectivity index (χ0v) is 15.8. The first-order chi connectivity index (χ1) is 13.3. The molecule has 0 amide bonds. The molecule has 0 saturated heterocycles. The van der Waals surface area contributed by atoms with Gasteiger partial charge in [-0.3, -0.25) is 4.40 Å². The van der Waals surface area contributed by atoms with E-state index in [4.69, 9.17) is 11.6 Å². The van der Waals surface area contributed by atoms with E-state index in [1.165, 1.54) is 28.9 Å². The molecule has 0 radical (unpaired) electrons. The third-order valence-electron chi connectivity index (χ3n) is 4.40. The summed E-state index contributed by atoms with van der Waals surface area (Å²) in [5.41, 5.74) is 0.766. The monoisotopic (exact) mass is 408 g/mol. The van der Waals surface area contributed by atoms with Crippen molar-refractivity contribution in [3.63, 3.8) is 0 Å². The van der Waals surface area contributed by atoms with Gasteiger partial charge >= 0.3 is 6.18 Å². The molecule has 4 aromatic heterocycles. The van der Waals surface area contributed by atoms with Gasteiger partial charge in [0, 0.05) is 17.8 Å². The van der Waals surface area contributed by atoms with E-state index < -0.39 is 11.9 Å². The summed E-state index contributed by atoms with van der Waals surface area (Å²) in [6.07, 6.45) is -1.52. The van der Waals surface area contributed by atoms with Crippen molar-refractivity contribution in [2.45, 2.75) is 32.5 Å². The molecule has 0 atom stereocenters. The third kappa shape index (κ3) is 3.15. The van der Waals surface area contributed by atoms with Crippen molar-refractivity contribution in [3.05, 3.63) is 58.8 Å². The second-order valence-corrected chi connectivity index (χ2v) is 7.03. The Morgan fingerprint density at radius 2 is 2.00 bits per heavy atom. The lowest BCUT2D eigenvalue weighted by Crippen LogP contribution is -2.15. The van der Waals surface area contributed by atoms with Crippen LogP contribution >= 0.6 is 11.6 Å². The summed E-state index contributed by atoms with van der Waals surface area (Å²) in [4.78, 5) is 8.42. The summed E-state index contributed by atoms with van der Waals surface area (Å²) in [5.74, 6) is 0.610. The van der Waals surface area contributed by atoms with Crippen LogP contribution in [-0.2, 0) is 12.7 Å². The minimum Gasteiger partial charge on any atom is -0.364 e. The van der Waals surface area contributed by atoms with E-state index in [0.717, 1.165) is 9.96 Å². The number of halogens is 4. The van der Waals surface area contributed by atoms with E-state index in [2.05, 4.69) is 20.4 Å². The molecule has 0 aliphatic rings. The van der Waals surface area contributed by atoms with Crippen molar-refractivity contribution in [1.29, 1.82) is 0 Å². The maximum Gasteiger partial charge on any atom is 0.433 e. The lowest BCUT2D eigenvalue weighted by molar-refractivity contribution is -0.142. The van der Waals surface area contributed by atoms with E-state index in [-0.39, 0.29) is 29.0 Å². The first kappa shape index (κ1) is 18.5. The summed E-state index contributed by atoms with van der Waals surface area (Å²) in [6.45, 7) is 3.85. The lowest BCUT2D eigenvalue weighted by Gasteiger charge is -2.11. The topological polar surface area (TPSA) is 59.5 Å². The van der Waals surface area contributed by atoms with Crippen LogP contribution in [0.25, 0.3) is 11.3 Å². The minimum atomic E-state index is -4.54. The Bertz CT molecular complexity index is 1160. The van der Waals surface area contributed by atoms with E-state index in [1.54, 1.807) is 12.3 Å². The average Bonchev–Trinajstić information content (AvgIpc) is 3.20. The Labute approximate surface area is 163 Å². The molecule has 0 aliphatic carbocycles. The maximum atomic E-state index is 13.6. The van der Waals surface area contributed by atoms with Crippen molar-refractivity contribution in [1.82, 2.24) is 24.0 Å². The number of alkyl halides is 3. The molecule has 28 heavy (non-hydrogen) atoms. The summed E-state index contributed by atoms with van der Waals surface area (Å²) >= 11 is 6.12. The van der Waals surface area contributed by atoms with Crippen LogP contribution in [0.1, 0.15) is 36.7 Å². The summed E-state index contributed by atoms with van der Waals surface area (Å²) in [5, 5.41) is 7.49. The first-order valence-electron chi connectivity index (χ1n) is 8.57. The van der Waals surface area contributed by atoms with Crippen molar-refractivity contribution >= 4 is 28.7 Å². The number of nitrogens with zero attached hydrogens (tertiary/aromatic N) is 5. The highest BCUT2D eigenvalue weighted by Crippen LogP contribution is 2.33. The zero-order chi connectivity index (χ0) is 20.1. The summed E-state index contributed by atoms with van der Waals surface area (Å²) < 4.78 is 43.4. The number of imidazole rings is 1. The highest BCUT2D eigenvalue weighted by Gasteiger charge is 2.38. The van der Waals surface area contributed by atoms with E-state index in [0.29, 0.717) is 11.5 Å². The van der Waals surface area contributed by atoms with Crippen LogP contribution in [0.15, 0.2) is 36.7 Å². The molecule has 146 valence electrons. The molecule has 0 saturated carbocycles. The van der Waals surface area contributed by atoms with Gasteiger partial charge in [0.05, 0.1) is 18.4 Å². The SMILES string of the molecule is CC(C)c1cnn2c(NCc3nc4ccccn4c3C(F)(F)F)cc(Cl)nc12. The first-order valence-corrected chi connectivity index (χ1v) is 8.94. The molecule has 4 aromatic rings. The number of hydrogen-bond donors (Lipinski definition) is 1. The molecule has 6 nitrogen and oxygen atoms in total. The number of hydrogen-bond acceptors (Lipinski definition) is 4. The molecule has 0 bridgehead atoms. The standard InChI is InChI=1S/C18H16ClF3N6/c1-10(2)11-8-24-28-15(7-13(19)26-17(11)28)23-9-12-16(18(20,21)22)27-6-4-3-5-14(27)25-12/h3-8,10,23H,9H2,1-2H3. The highest BCUT2D eigenvalue weighted by atomic mass is 35.5. The number of fused-ring (bicyclic) bond motifs is 2. The predicted molar refractivity (Wildman–Crippen MR) is 99.6 cm³/mol. The zero-order valence-electron chi connectivity index (χ0n) is 15.0. The van der Waals surface area contributed by atoms with Crippen LogP contribution in [0.5, 0.6) is 0 Å². The molecule has 10 heteroatoms. The van der Waals surface area contributed by atoms with E-state index in [1.807, 2.05) is 13.8 Å². The average molecular weight is 409 g/mol. The van der Waals surface area contributed by atoms with Crippen LogP contribution in [0.4, 0.5) is 19.0 Å². The van der Waals surface area contributed by atoms with Gasteiger partial charge in [-0.05, 0) is 18.1 Å². The number of pyridine rings is 1. The van der Waals surface area contributed by atoms with Crippen LogP contribution in [0, 0.1) is 0 Å². The minimum absolute atomic E-state index is 0.115. The van der Waals surface area contributed by atoms with Crippen LogP contribution in [0.2, 0.25) is 5.15 Å². The predicted octanol–water partition coefficient (Wildman–Crippen LogP) is 4.78. The second kappa shape index (κ2) is 6.66. The smallest absolute Gasteiger partial charge is 0.364 e. The lowest BCUT2D eigenvalue weighted by atomic mass is 10.1. The van der Waals surface area contributed by atoms with Gasteiger partial charge in [0.2, 0.25) is 0 Å². The van der Waals surface area contributed by atoms with Crippen molar-refractivity contribution in [2.24, 2.45) is 0 Å². The number of anilines is 1. The van der Waals surface area contributed by atoms with E-state index in [9.17, 15) is 13.2 Å². The summed E-state index contributed by atoms with van der Waals surface area (Å²) in [7, 11) is 0. The number of nitrogens with one attached hydrogen (secondary N) is 1. The highest BCUT2D eigenvalue weighted by molar-refractivity contribution is 6.29. The molecule has 0 aromatic carbocycles. The number of rotatable bonds is 4. The maximum absolute atomic E-state index is 13.6. The van der Waals surface area contributed by atoms with Gasteiger partial charge in [-0.2, -0.15) is 22.8 Å². The fourth-order valence-corrected chi connectivity index (χ4v) is 3.31. The second-order valence-electron chi connectivity index (χ2n) is 6.64. The molecule has 4 rings (SSSR count). The Hall–Kier alpha value is -2.81. The van der Waals surface area contributed by atoms with Gasteiger partial charge < -0.3 is 5.32 Å². The largest absolute Gasteiger partial charge is 0.433 e. The Balaban J connectivity index is 1.75. The summed E-state index contributed by atoms with van der Waals surface area (Å²) in [6, 6.07) is 6.23. The fourth-order valence-electron chi connectivity index (χ4n) is 3.13. The Morgan fingerprint density at radius 1 is 1.21 bits per heavy atom. The van der Waals surface area contributed by atoms with Gasteiger partial charge in [0.25, 0.3) is 0 Å². The van der Waals surface area contributed by atoms with Crippen LogP contribution in [-0.4, -0.2) is 24.0 Å². The molecular weight excluding hydrogens is 393 g/mol. The van der Waals surface area contributed by atoms with Gasteiger partial charge in [0.1, 0.15) is 16.6 Å². The van der Waals surface area contributed by atoms with Gasteiger partial charge in [-0.15, -0.1) is 0 Å². The van der Waals surface area contributed by atoms with Crippen LogP contribution in [0.3, 0.4) is 0 Å². The molecule has 0 fully saturated rings. The quantitative estimate of drug-likeness (QED) is 0.493. The van der Waals surface area contributed by atoms with Crippen LogP contribution < -0.4 is 5.32 Å². The van der Waals surface area contributed by atoms with Crippen molar-refractivity contribution in [3.8, 4) is 0 Å². The normalized spacial score (nSPS) is 12.4. The molecule has 0 spiro atoms. The number of aromatic nitrogens is 5. The Kier molecular flexibility index (Phi) is 4.41. The van der Waals surface area contributed by atoms with Crippen molar-refractivity contribution < 1.29 is 13.2 Å². The fraction of sp³-hybridized carbons (Fsp3) is 0.278. The van der Waals surface area contributed by atoms with Crippen molar-refractivity contribution in [2.75, 3.05) is 5.32 Å². The molecule has 0 aliphatic heterocycles.